The minimum atomic E-state index is -3.63. The molecule has 2 rings (SSSR count). The highest BCUT2D eigenvalue weighted by molar-refractivity contribution is 7.91. The Labute approximate surface area is 110 Å². The van der Waals surface area contributed by atoms with Crippen molar-refractivity contribution >= 4 is 27.3 Å². The van der Waals surface area contributed by atoms with Crippen molar-refractivity contribution in [3.05, 3.63) is 17.0 Å². The molecule has 0 amide bonds. The molecule has 1 aliphatic carbocycles. The van der Waals surface area contributed by atoms with E-state index in [9.17, 15) is 13.2 Å². The molecule has 1 aliphatic rings. The SMILES string of the molecule is CC(C)(NS(=O)(=O)c1ccc(C(=O)O)s1)C1CC1. The maximum atomic E-state index is 12.1. The van der Waals surface area contributed by atoms with Gasteiger partial charge in [0.2, 0.25) is 0 Å². The van der Waals surface area contributed by atoms with Gasteiger partial charge >= 0.3 is 5.97 Å². The van der Waals surface area contributed by atoms with E-state index in [1.165, 1.54) is 12.1 Å². The molecule has 0 aliphatic heterocycles. The second kappa shape index (κ2) is 4.32. The first-order valence-corrected chi connectivity index (χ1v) is 7.89. The number of nitrogens with one attached hydrogen (secondary N) is 1. The molecule has 0 unspecified atom stereocenters. The Morgan fingerprint density at radius 1 is 1.44 bits per heavy atom. The summed E-state index contributed by atoms with van der Waals surface area (Å²) in [6.07, 6.45) is 2.06. The summed E-state index contributed by atoms with van der Waals surface area (Å²) in [5.41, 5.74) is -0.480. The maximum Gasteiger partial charge on any atom is 0.345 e. The maximum absolute atomic E-state index is 12.1. The summed E-state index contributed by atoms with van der Waals surface area (Å²) in [5.74, 6) is -0.742. The highest BCUT2D eigenvalue weighted by Gasteiger charge is 2.40. The van der Waals surface area contributed by atoms with Gasteiger partial charge in [-0.25, -0.2) is 17.9 Å². The number of hydrogen-bond donors (Lipinski definition) is 2. The first-order chi connectivity index (χ1) is 8.22. The van der Waals surface area contributed by atoms with Crippen molar-refractivity contribution in [2.24, 2.45) is 5.92 Å². The van der Waals surface area contributed by atoms with Crippen LogP contribution in [0.5, 0.6) is 0 Å². The first kappa shape index (κ1) is 13.5. The average Bonchev–Trinajstić information content (AvgIpc) is 2.94. The Balaban J connectivity index is 2.22. The molecule has 18 heavy (non-hydrogen) atoms. The van der Waals surface area contributed by atoms with Crippen molar-refractivity contribution in [1.29, 1.82) is 0 Å². The molecule has 1 fully saturated rings. The van der Waals surface area contributed by atoms with Gasteiger partial charge in [-0.3, -0.25) is 0 Å². The lowest BCUT2D eigenvalue weighted by Crippen LogP contribution is -2.44. The van der Waals surface area contributed by atoms with Crippen molar-refractivity contribution in [2.75, 3.05) is 0 Å². The lowest BCUT2D eigenvalue weighted by molar-refractivity contribution is 0.0702. The molecule has 1 heterocycles. The lowest BCUT2D eigenvalue weighted by Gasteiger charge is -2.25. The summed E-state index contributed by atoms with van der Waals surface area (Å²) in [7, 11) is -3.63. The number of aromatic carboxylic acids is 1. The summed E-state index contributed by atoms with van der Waals surface area (Å²) >= 11 is 0.771. The molecule has 7 heteroatoms. The van der Waals surface area contributed by atoms with Crippen LogP contribution in [0.15, 0.2) is 16.3 Å². The average molecular weight is 289 g/mol. The quantitative estimate of drug-likeness (QED) is 0.867. The van der Waals surface area contributed by atoms with Gasteiger partial charge in [-0.15, -0.1) is 11.3 Å². The fourth-order valence-electron chi connectivity index (χ4n) is 1.86. The Hall–Kier alpha value is -0.920. The Morgan fingerprint density at radius 3 is 2.50 bits per heavy atom. The predicted octanol–water partition coefficient (Wildman–Crippen LogP) is 1.91. The molecule has 2 N–H and O–H groups in total. The molecule has 0 radical (unpaired) electrons. The van der Waals surface area contributed by atoms with E-state index >= 15 is 0 Å². The molecule has 5 nitrogen and oxygen atoms in total. The van der Waals surface area contributed by atoms with Crippen LogP contribution in [0, 0.1) is 5.92 Å². The molecule has 0 bridgehead atoms. The van der Waals surface area contributed by atoms with Crippen LogP contribution in [-0.4, -0.2) is 25.0 Å². The number of sulfonamides is 1. The van der Waals surface area contributed by atoms with Gasteiger partial charge in [0.25, 0.3) is 10.0 Å². The van der Waals surface area contributed by atoms with E-state index in [0.717, 1.165) is 24.2 Å². The van der Waals surface area contributed by atoms with E-state index < -0.39 is 21.5 Å². The van der Waals surface area contributed by atoms with Crippen LogP contribution in [0.1, 0.15) is 36.4 Å². The highest BCUT2D eigenvalue weighted by Crippen LogP contribution is 2.40. The standard InChI is InChI=1S/C11H15NO4S2/c1-11(2,7-3-4-7)12-18(15,16)9-6-5-8(17-9)10(13)14/h5-7,12H,3-4H2,1-2H3,(H,13,14). The van der Waals surface area contributed by atoms with Gasteiger partial charge in [0.05, 0.1) is 0 Å². The second-order valence-electron chi connectivity index (χ2n) is 5.03. The molecule has 0 spiro atoms. The number of thiophene rings is 1. The highest BCUT2D eigenvalue weighted by atomic mass is 32.2. The van der Waals surface area contributed by atoms with Gasteiger partial charge in [0, 0.05) is 5.54 Å². The number of carboxylic acid groups (broad SMARTS) is 1. The minimum Gasteiger partial charge on any atom is -0.477 e. The monoisotopic (exact) mass is 289 g/mol. The molecule has 0 atom stereocenters. The van der Waals surface area contributed by atoms with Crippen molar-refractivity contribution < 1.29 is 18.3 Å². The largest absolute Gasteiger partial charge is 0.477 e. The van der Waals surface area contributed by atoms with E-state index in [1.54, 1.807) is 0 Å². The summed E-state index contributed by atoms with van der Waals surface area (Å²) in [6, 6.07) is 2.64. The summed E-state index contributed by atoms with van der Waals surface area (Å²) in [6.45, 7) is 3.71. The van der Waals surface area contributed by atoms with Crippen molar-refractivity contribution in [3.8, 4) is 0 Å². The summed E-state index contributed by atoms with van der Waals surface area (Å²) in [5, 5.41) is 8.79. The van der Waals surface area contributed by atoms with E-state index in [-0.39, 0.29) is 9.09 Å². The smallest absolute Gasteiger partial charge is 0.345 e. The van der Waals surface area contributed by atoms with E-state index in [1.807, 2.05) is 13.8 Å². The third kappa shape index (κ3) is 2.73. The normalized spacial score (nSPS) is 16.8. The lowest BCUT2D eigenvalue weighted by atomic mass is 10.0. The predicted molar refractivity (Wildman–Crippen MR) is 68.4 cm³/mol. The zero-order chi connectivity index (χ0) is 13.6. The van der Waals surface area contributed by atoms with Gasteiger partial charge in [0.15, 0.2) is 0 Å². The molecule has 0 saturated heterocycles. The Morgan fingerprint density at radius 2 is 2.06 bits per heavy atom. The number of carbonyl (C=O) groups is 1. The molecule has 1 saturated carbocycles. The zero-order valence-corrected chi connectivity index (χ0v) is 11.8. The van der Waals surface area contributed by atoms with Crippen LogP contribution in [0.2, 0.25) is 0 Å². The van der Waals surface area contributed by atoms with Crippen LogP contribution in [0.25, 0.3) is 0 Å². The topological polar surface area (TPSA) is 83.5 Å². The minimum absolute atomic E-state index is 0.0274. The Kier molecular flexibility index (Phi) is 3.25. The molecule has 1 aromatic heterocycles. The van der Waals surface area contributed by atoms with Crippen LogP contribution in [-0.2, 0) is 10.0 Å². The van der Waals surface area contributed by atoms with E-state index in [4.69, 9.17) is 5.11 Å². The van der Waals surface area contributed by atoms with Crippen molar-refractivity contribution in [3.63, 3.8) is 0 Å². The Bertz CT molecular complexity index is 570. The van der Waals surface area contributed by atoms with Gasteiger partial charge in [0.1, 0.15) is 9.09 Å². The third-order valence-electron chi connectivity index (χ3n) is 3.05. The number of rotatable bonds is 5. The van der Waals surface area contributed by atoms with Crippen molar-refractivity contribution in [1.82, 2.24) is 4.72 Å². The van der Waals surface area contributed by atoms with Gasteiger partial charge in [-0.05, 0) is 44.7 Å². The van der Waals surface area contributed by atoms with Crippen molar-refractivity contribution in [2.45, 2.75) is 36.4 Å². The van der Waals surface area contributed by atoms with Gasteiger partial charge in [-0.2, -0.15) is 0 Å². The molecule has 0 aromatic carbocycles. The van der Waals surface area contributed by atoms with E-state index in [2.05, 4.69) is 4.72 Å². The van der Waals surface area contributed by atoms with Crippen LogP contribution >= 0.6 is 11.3 Å². The molecular formula is C11H15NO4S2. The van der Waals surface area contributed by atoms with E-state index in [0.29, 0.717) is 5.92 Å². The summed E-state index contributed by atoms with van der Waals surface area (Å²) < 4.78 is 26.9. The molecule has 100 valence electrons. The number of carboxylic acids is 1. The zero-order valence-electron chi connectivity index (χ0n) is 10.1. The second-order valence-corrected chi connectivity index (χ2v) is 8.02. The fourth-order valence-corrected chi connectivity index (χ4v) is 4.48. The number of hydrogen-bond acceptors (Lipinski definition) is 4. The fraction of sp³-hybridized carbons (Fsp3) is 0.545. The first-order valence-electron chi connectivity index (χ1n) is 5.59. The third-order valence-corrected chi connectivity index (χ3v) is 6.29. The van der Waals surface area contributed by atoms with Gasteiger partial charge in [-0.1, -0.05) is 0 Å². The summed E-state index contributed by atoms with van der Waals surface area (Å²) in [4.78, 5) is 10.8. The molecule has 1 aromatic rings. The van der Waals surface area contributed by atoms with Gasteiger partial charge < -0.3 is 5.11 Å². The van der Waals surface area contributed by atoms with Crippen LogP contribution in [0.4, 0.5) is 0 Å². The van der Waals surface area contributed by atoms with Crippen LogP contribution < -0.4 is 4.72 Å². The molecular weight excluding hydrogens is 274 g/mol. The van der Waals surface area contributed by atoms with Crippen LogP contribution in [0.3, 0.4) is 0 Å².